The third kappa shape index (κ3) is 4.88. The summed E-state index contributed by atoms with van der Waals surface area (Å²) >= 11 is 0. The Morgan fingerprint density at radius 2 is 2.24 bits per heavy atom. The van der Waals surface area contributed by atoms with Crippen LogP contribution in [0.2, 0.25) is 0 Å². The molecule has 1 aliphatic heterocycles. The van der Waals surface area contributed by atoms with Gasteiger partial charge in [0.25, 0.3) is 0 Å². The SMILES string of the molecule is CCOc1cccc(N2CCCCC2CNCC(C)C)n1. The van der Waals surface area contributed by atoms with Crippen molar-refractivity contribution in [1.29, 1.82) is 0 Å². The van der Waals surface area contributed by atoms with Crippen molar-refractivity contribution in [2.75, 3.05) is 31.1 Å². The largest absolute Gasteiger partial charge is 0.478 e. The minimum atomic E-state index is 0.543. The Hall–Kier alpha value is -1.29. The number of nitrogens with zero attached hydrogens (tertiary/aromatic N) is 2. The van der Waals surface area contributed by atoms with Crippen molar-refractivity contribution in [3.05, 3.63) is 18.2 Å². The van der Waals surface area contributed by atoms with Gasteiger partial charge in [-0.15, -0.1) is 0 Å². The monoisotopic (exact) mass is 291 g/mol. The summed E-state index contributed by atoms with van der Waals surface area (Å²) in [5.41, 5.74) is 0. The van der Waals surface area contributed by atoms with Crippen molar-refractivity contribution < 1.29 is 4.74 Å². The van der Waals surface area contributed by atoms with Crippen molar-refractivity contribution >= 4 is 5.82 Å². The molecular weight excluding hydrogens is 262 g/mol. The average molecular weight is 291 g/mol. The summed E-state index contributed by atoms with van der Waals surface area (Å²) in [6.45, 7) is 10.4. The van der Waals surface area contributed by atoms with Gasteiger partial charge >= 0.3 is 0 Å². The minimum Gasteiger partial charge on any atom is -0.478 e. The fraction of sp³-hybridized carbons (Fsp3) is 0.706. The normalized spacial score (nSPS) is 19.0. The standard InChI is InChI=1S/C17H29N3O/c1-4-21-17-10-7-9-16(19-17)20-11-6-5-8-15(20)13-18-12-14(2)3/h7,9-10,14-15,18H,4-6,8,11-13H2,1-3H3. The highest BCUT2D eigenvalue weighted by molar-refractivity contribution is 5.42. The van der Waals surface area contributed by atoms with Crippen LogP contribution in [0.1, 0.15) is 40.0 Å². The highest BCUT2D eigenvalue weighted by Gasteiger charge is 2.23. The number of anilines is 1. The van der Waals surface area contributed by atoms with E-state index in [-0.39, 0.29) is 0 Å². The van der Waals surface area contributed by atoms with Gasteiger partial charge in [-0.05, 0) is 44.7 Å². The van der Waals surface area contributed by atoms with E-state index in [1.54, 1.807) is 0 Å². The van der Waals surface area contributed by atoms with Gasteiger partial charge in [-0.3, -0.25) is 0 Å². The summed E-state index contributed by atoms with van der Waals surface area (Å²) in [4.78, 5) is 7.10. The van der Waals surface area contributed by atoms with E-state index in [1.807, 2.05) is 19.1 Å². The number of hydrogen-bond acceptors (Lipinski definition) is 4. The lowest BCUT2D eigenvalue weighted by molar-refractivity contribution is 0.326. The summed E-state index contributed by atoms with van der Waals surface area (Å²) in [7, 11) is 0. The average Bonchev–Trinajstić information content (AvgIpc) is 2.48. The predicted octanol–water partition coefficient (Wildman–Crippen LogP) is 3.08. The van der Waals surface area contributed by atoms with Gasteiger partial charge in [0, 0.05) is 25.2 Å². The molecule has 2 rings (SSSR count). The molecule has 1 N–H and O–H groups in total. The first kappa shape index (κ1) is 16.1. The Kier molecular flexibility index (Phi) is 6.30. The van der Waals surface area contributed by atoms with E-state index in [1.165, 1.54) is 19.3 Å². The molecule has 1 atom stereocenters. The molecule has 4 nitrogen and oxygen atoms in total. The molecular formula is C17H29N3O. The maximum atomic E-state index is 5.53. The summed E-state index contributed by atoms with van der Waals surface area (Å²) in [6, 6.07) is 6.62. The molecule has 0 aliphatic carbocycles. The lowest BCUT2D eigenvalue weighted by atomic mass is 10.0. The topological polar surface area (TPSA) is 37.4 Å². The van der Waals surface area contributed by atoms with Gasteiger partial charge in [-0.2, -0.15) is 4.98 Å². The molecule has 0 bridgehead atoms. The van der Waals surface area contributed by atoms with Crippen LogP contribution in [0.3, 0.4) is 0 Å². The number of ether oxygens (including phenoxy) is 1. The van der Waals surface area contributed by atoms with Crippen molar-refractivity contribution in [3.8, 4) is 5.88 Å². The first-order valence-electron chi connectivity index (χ1n) is 8.28. The quantitative estimate of drug-likeness (QED) is 0.837. The van der Waals surface area contributed by atoms with E-state index >= 15 is 0 Å². The van der Waals surface area contributed by atoms with Crippen molar-refractivity contribution in [2.24, 2.45) is 5.92 Å². The number of rotatable bonds is 7. The van der Waals surface area contributed by atoms with Crippen LogP contribution in [0.5, 0.6) is 5.88 Å². The van der Waals surface area contributed by atoms with Crippen molar-refractivity contribution in [1.82, 2.24) is 10.3 Å². The number of hydrogen-bond donors (Lipinski definition) is 1. The Labute approximate surface area is 128 Å². The van der Waals surface area contributed by atoms with Gasteiger partial charge in [-0.1, -0.05) is 19.9 Å². The van der Waals surface area contributed by atoms with Crippen LogP contribution in [0, 0.1) is 5.92 Å². The maximum absolute atomic E-state index is 5.53. The summed E-state index contributed by atoms with van der Waals surface area (Å²) < 4.78 is 5.53. The van der Waals surface area contributed by atoms with Crippen molar-refractivity contribution in [3.63, 3.8) is 0 Å². The van der Waals surface area contributed by atoms with Crippen LogP contribution < -0.4 is 15.0 Å². The molecule has 0 aromatic carbocycles. The second-order valence-electron chi connectivity index (χ2n) is 6.16. The lowest BCUT2D eigenvalue weighted by Gasteiger charge is -2.37. The Bertz CT molecular complexity index is 422. The first-order valence-corrected chi connectivity index (χ1v) is 8.28. The molecule has 1 aromatic rings. The second-order valence-corrected chi connectivity index (χ2v) is 6.16. The molecule has 1 aromatic heterocycles. The number of piperidine rings is 1. The van der Waals surface area contributed by atoms with Gasteiger partial charge in [-0.25, -0.2) is 0 Å². The number of aromatic nitrogens is 1. The second kappa shape index (κ2) is 8.23. The zero-order valence-electron chi connectivity index (χ0n) is 13.6. The highest BCUT2D eigenvalue weighted by Crippen LogP contribution is 2.24. The third-order valence-electron chi connectivity index (χ3n) is 3.86. The van der Waals surface area contributed by atoms with E-state index in [2.05, 4.69) is 35.1 Å². The fourth-order valence-corrected chi connectivity index (χ4v) is 2.85. The Morgan fingerprint density at radius 1 is 1.38 bits per heavy atom. The maximum Gasteiger partial charge on any atom is 0.215 e. The molecule has 1 saturated heterocycles. The molecule has 4 heteroatoms. The van der Waals surface area contributed by atoms with E-state index in [0.717, 1.165) is 31.3 Å². The molecule has 1 unspecified atom stereocenters. The summed E-state index contributed by atoms with van der Waals surface area (Å²) in [6.07, 6.45) is 3.81. The number of pyridine rings is 1. The zero-order chi connectivity index (χ0) is 15.1. The molecule has 0 spiro atoms. The zero-order valence-corrected chi connectivity index (χ0v) is 13.6. The summed E-state index contributed by atoms with van der Waals surface area (Å²) in [5, 5.41) is 3.59. The van der Waals surface area contributed by atoms with Crippen LogP contribution in [-0.4, -0.2) is 37.3 Å². The van der Waals surface area contributed by atoms with Gasteiger partial charge in [0.1, 0.15) is 5.82 Å². The van der Waals surface area contributed by atoms with Gasteiger partial charge in [0.2, 0.25) is 5.88 Å². The smallest absolute Gasteiger partial charge is 0.215 e. The Morgan fingerprint density at radius 3 is 3.00 bits per heavy atom. The highest BCUT2D eigenvalue weighted by atomic mass is 16.5. The van der Waals surface area contributed by atoms with Gasteiger partial charge in [0.15, 0.2) is 0 Å². The van der Waals surface area contributed by atoms with Gasteiger partial charge in [0.05, 0.1) is 6.61 Å². The molecule has 1 fully saturated rings. The molecule has 0 radical (unpaired) electrons. The van der Waals surface area contributed by atoms with Crippen LogP contribution in [0.4, 0.5) is 5.82 Å². The molecule has 1 aliphatic rings. The molecule has 2 heterocycles. The third-order valence-corrected chi connectivity index (χ3v) is 3.86. The molecule has 118 valence electrons. The van der Waals surface area contributed by atoms with Crippen molar-refractivity contribution in [2.45, 2.75) is 46.1 Å². The van der Waals surface area contributed by atoms with Crippen LogP contribution in [0.25, 0.3) is 0 Å². The molecule has 0 saturated carbocycles. The van der Waals surface area contributed by atoms with Crippen LogP contribution in [0.15, 0.2) is 18.2 Å². The predicted molar refractivity (Wildman–Crippen MR) is 88.1 cm³/mol. The molecule has 0 amide bonds. The lowest BCUT2D eigenvalue weighted by Crippen LogP contribution is -2.46. The van der Waals surface area contributed by atoms with E-state index < -0.39 is 0 Å². The summed E-state index contributed by atoms with van der Waals surface area (Å²) in [5.74, 6) is 2.48. The minimum absolute atomic E-state index is 0.543. The Balaban J connectivity index is 2.01. The van der Waals surface area contributed by atoms with E-state index in [9.17, 15) is 0 Å². The van der Waals surface area contributed by atoms with Crippen LogP contribution in [-0.2, 0) is 0 Å². The van der Waals surface area contributed by atoms with Crippen LogP contribution >= 0.6 is 0 Å². The number of nitrogens with one attached hydrogen (secondary N) is 1. The van der Waals surface area contributed by atoms with E-state index in [4.69, 9.17) is 4.74 Å². The fourth-order valence-electron chi connectivity index (χ4n) is 2.85. The molecule has 21 heavy (non-hydrogen) atoms. The van der Waals surface area contributed by atoms with E-state index in [0.29, 0.717) is 18.6 Å². The first-order chi connectivity index (χ1) is 10.2. The van der Waals surface area contributed by atoms with Gasteiger partial charge < -0.3 is 15.0 Å².